The van der Waals surface area contributed by atoms with Crippen LogP contribution in [0.2, 0.25) is 0 Å². The smallest absolute Gasteiger partial charge is 0.416 e. The van der Waals surface area contributed by atoms with Gasteiger partial charge in [0.05, 0.1) is 5.56 Å². The second-order valence-electron chi connectivity index (χ2n) is 3.71. The van der Waals surface area contributed by atoms with Crippen LogP contribution in [-0.2, 0) is 17.4 Å². The quantitative estimate of drug-likeness (QED) is 0.561. The average Bonchev–Trinajstić information content (AvgIpc) is 2.27. The Kier molecular flexibility index (Phi) is 2.90. The van der Waals surface area contributed by atoms with Crippen LogP contribution in [0.5, 0.6) is 5.75 Å². The molecule has 1 heterocycles. The average molecular weight is 243 g/mol. The summed E-state index contributed by atoms with van der Waals surface area (Å²) in [6, 6.07) is 2.95. The summed E-state index contributed by atoms with van der Waals surface area (Å²) in [6.45, 7) is 0.101. The summed E-state index contributed by atoms with van der Waals surface area (Å²) in [6.07, 6.45) is -2.57. The molecule has 1 aliphatic heterocycles. The monoisotopic (exact) mass is 243 g/mol. The Labute approximate surface area is 94.9 Å². The molecule has 6 heteroatoms. The summed E-state index contributed by atoms with van der Waals surface area (Å²) in [5.41, 5.74) is -0.123. The van der Waals surface area contributed by atoms with Crippen molar-refractivity contribution in [3.05, 3.63) is 29.3 Å². The summed E-state index contributed by atoms with van der Waals surface area (Å²) >= 11 is 0. The molecule has 0 radical (unpaired) electrons. The molecule has 90 valence electrons. The van der Waals surface area contributed by atoms with Crippen LogP contribution < -0.4 is 4.74 Å². The van der Waals surface area contributed by atoms with E-state index in [1.165, 1.54) is 12.1 Å². The van der Waals surface area contributed by atoms with Crippen molar-refractivity contribution in [2.45, 2.75) is 18.6 Å². The molecule has 1 aliphatic rings. The number of ether oxygens (including phenoxy) is 1. The van der Waals surface area contributed by atoms with Gasteiger partial charge in [-0.25, -0.2) is 4.79 Å². The van der Waals surface area contributed by atoms with Gasteiger partial charge in [-0.2, -0.15) is 18.2 Å². The number of rotatable bonds is 1. The second kappa shape index (κ2) is 4.22. The van der Waals surface area contributed by atoms with E-state index in [0.717, 1.165) is 12.1 Å². The zero-order valence-electron chi connectivity index (χ0n) is 8.62. The number of aliphatic imine (C=N–C) groups is 1. The van der Waals surface area contributed by atoms with Gasteiger partial charge in [0.25, 0.3) is 0 Å². The van der Waals surface area contributed by atoms with Gasteiger partial charge in [-0.05, 0) is 17.7 Å². The molecular formula is C11H8F3NO2. The van der Waals surface area contributed by atoms with E-state index in [4.69, 9.17) is 4.74 Å². The van der Waals surface area contributed by atoms with Crippen LogP contribution in [0.4, 0.5) is 13.2 Å². The van der Waals surface area contributed by atoms with Gasteiger partial charge in [0.1, 0.15) is 18.4 Å². The number of halogens is 3. The fourth-order valence-corrected chi connectivity index (χ4v) is 1.69. The molecule has 3 nitrogen and oxygen atoms in total. The Morgan fingerprint density at radius 1 is 1.41 bits per heavy atom. The molecule has 0 aromatic heterocycles. The van der Waals surface area contributed by atoms with Crippen molar-refractivity contribution in [2.24, 2.45) is 4.99 Å². The molecule has 0 saturated carbocycles. The Hall–Kier alpha value is -1.81. The van der Waals surface area contributed by atoms with Crippen LogP contribution in [0.3, 0.4) is 0 Å². The minimum absolute atomic E-state index is 0.101. The number of alkyl halides is 3. The second-order valence-corrected chi connectivity index (χ2v) is 3.71. The third-order valence-corrected chi connectivity index (χ3v) is 2.52. The molecule has 0 aliphatic carbocycles. The van der Waals surface area contributed by atoms with Gasteiger partial charge in [-0.1, -0.05) is 6.07 Å². The summed E-state index contributed by atoms with van der Waals surface area (Å²) in [7, 11) is 0. The van der Waals surface area contributed by atoms with Crippen LogP contribution >= 0.6 is 0 Å². The fourth-order valence-electron chi connectivity index (χ4n) is 1.69. The van der Waals surface area contributed by atoms with Crippen LogP contribution in [0.25, 0.3) is 0 Å². The first-order chi connectivity index (χ1) is 8.00. The highest BCUT2D eigenvalue weighted by Crippen LogP contribution is 2.35. The standard InChI is InChI=1S/C11H8F3NO2/c12-11(13,14)8-2-1-7-3-9(15-6-16)5-17-10(7)4-8/h1-2,4,9H,3,5H2. The topological polar surface area (TPSA) is 38.7 Å². The molecule has 1 unspecified atom stereocenters. The van der Waals surface area contributed by atoms with E-state index in [9.17, 15) is 18.0 Å². The SMILES string of the molecule is O=C=NC1COc2cc(C(F)(F)F)ccc2C1. The van der Waals surface area contributed by atoms with Crippen LogP contribution in [-0.4, -0.2) is 18.7 Å². The molecule has 17 heavy (non-hydrogen) atoms. The molecule has 0 saturated heterocycles. The number of hydrogen-bond acceptors (Lipinski definition) is 3. The Bertz CT molecular complexity index is 478. The third-order valence-electron chi connectivity index (χ3n) is 2.52. The molecule has 1 atom stereocenters. The highest BCUT2D eigenvalue weighted by atomic mass is 19.4. The number of hydrogen-bond donors (Lipinski definition) is 0. The first-order valence-corrected chi connectivity index (χ1v) is 4.90. The van der Waals surface area contributed by atoms with Crippen molar-refractivity contribution in [2.75, 3.05) is 6.61 Å². The number of carbonyl (C=O) groups excluding carboxylic acids is 1. The number of benzene rings is 1. The van der Waals surface area contributed by atoms with E-state index < -0.39 is 11.7 Å². The maximum Gasteiger partial charge on any atom is 0.416 e. The summed E-state index contributed by atoms with van der Waals surface area (Å²) < 4.78 is 42.4. The predicted molar refractivity (Wildman–Crippen MR) is 52.6 cm³/mol. The summed E-state index contributed by atoms with van der Waals surface area (Å²) in [4.78, 5) is 13.6. The number of nitrogens with zero attached hydrogens (tertiary/aromatic N) is 1. The van der Waals surface area contributed by atoms with Gasteiger partial charge in [-0.3, -0.25) is 0 Å². The predicted octanol–water partition coefficient (Wildman–Crippen LogP) is 2.34. The largest absolute Gasteiger partial charge is 0.491 e. The lowest BCUT2D eigenvalue weighted by molar-refractivity contribution is -0.137. The van der Waals surface area contributed by atoms with Crippen molar-refractivity contribution in [3.8, 4) is 5.75 Å². The zero-order valence-corrected chi connectivity index (χ0v) is 8.62. The minimum Gasteiger partial charge on any atom is -0.491 e. The molecule has 0 spiro atoms. The normalized spacial score (nSPS) is 18.9. The van der Waals surface area contributed by atoms with Gasteiger partial charge in [0.15, 0.2) is 0 Å². The molecule has 0 bridgehead atoms. The van der Waals surface area contributed by atoms with Gasteiger partial charge in [0.2, 0.25) is 6.08 Å². The van der Waals surface area contributed by atoms with Gasteiger partial charge >= 0.3 is 6.18 Å². The molecule has 0 N–H and O–H groups in total. The van der Waals surface area contributed by atoms with Crippen LogP contribution in [0, 0.1) is 0 Å². The highest BCUT2D eigenvalue weighted by Gasteiger charge is 2.32. The fraction of sp³-hybridized carbons (Fsp3) is 0.364. The lowest BCUT2D eigenvalue weighted by Crippen LogP contribution is -2.24. The van der Waals surface area contributed by atoms with E-state index >= 15 is 0 Å². The van der Waals surface area contributed by atoms with E-state index in [1.807, 2.05) is 0 Å². The number of isocyanates is 1. The Morgan fingerprint density at radius 3 is 2.82 bits per heavy atom. The summed E-state index contributed by atoms with van der Waals surface area (Å²) in [5.74, 6) is 0.206. The molecular weight excluding hydrogens is 235 g/mol. The van der Waals surface area contributed by atoms with Crippen molar-refractivity contribution in [1.29, 1.82) is 0 Å². The number of fused-ring (bicyclic) bond motifs is 1. The van der Waals surface area contributed by atoms with Gasteiger partial charge in [0, 0.05) is 6.42 Å². The third kappa shape index (κ3) is 2.47. The van der Waals surface area contributed by atoms with Crippen LogP contribution in [0.1, 0.15) is 11.1 Å². The molecule has 0 fully saturated rings. The van der Waals surface area contributed by atoms with Crippen molar-refractivity contribution in [3.63, 3.8) is 0 Å². The first kappa shape index (κ1) is 11.7. The lowest BCUT2D eigenvalue weighted by Gasteiger charge is -2.22. The van der Waals surface area contributed by atoms with E-state index in [0.29, 0.717) is 12.0 Å². The Morgan fingerprint density at radius 2 is 2.18 bits per heavy atom. The first-order valence-electron chi connectivity index (χ1n) is 4.90. The minimum atomic E-state index is -4.38. The van der Waals surface area contributed by atoms with Crippen molar-refractivity contribution in [1.82, 2.24) is 0 Å². The van der Waals surface area contributed by atoms with Gasteiger partial charge < -0.3 is 4.74 Å². The van der Waals surface area contributed by atoms with Crippen LogP contribution in [0.15, 0.2) is 23.2 Å². The maximum atomic E-state index is 12.4. The molecule has 1 aromatic carbocycles. The van der Waals surface area contributed by atoms with Crippen molar-refractivity contribution >= 4 is 6.08 Å². The molecule has 2 rings (SSSR count). The van der Waals surface area contributed by atoms with E-state index in [-0.39, 0.29) is 18.4 Å². The highest BCUT2D eigenvalue weighted by molar-refractivity contribution is 5.41. The maximum absolute atomic E-state index is 12.4. The molecule has 1 aromatic rings. The van der Waals surface area contributed by atoms with E-state index in [1.54, 1.807) is 0 Å². The lowest BCUT2D eigenvalue weighted by atomic mass is 10.0. The molecule has 0 amide bonds. The van der Waals surface area contributed by atoms with E-state index in [2.05, 4.69) is 4.99 Å². The zero-order chi connectivity index (χ0) is 12.5. The summed E-state index contributed by atoms with van der Waals surface area (Å²) in [5, 5.41) is 0. The van der Waals surface area contributed by atoms with Crippen molar-refractivity contribution < 1.29 is 22.7 Å². The Balaban J connectivity index is 2.28. The van der Waals surface area contributed by atoms with Gasteiger partial charge in [-0.15, -0.1) is 0 Å².